The van der Waals surface area contributed by atoms with Crippen molar-refractivity contribution in [2.24, 2.45) is 0 Å². The molecular formula is C16H23FN2O2. The molecule has 1 amide bonds. The lowest BCUT2D eigenvalue weighted by atomic mass is 10.1. The zero-order chi connectivity index (χ0) is 15.6. The molecule has 1 aromatic carbocycles. The van der Waals surface area contributed by atoms with Gasteiger partial charge in [0.05, 0.1) is 6.10 Å². The predicted molar refractivity (Wildman–Crippen MR) is 79.8 cm³/mol. The SMILES string of the molecule is CCC(CN1CC(O)C1)N(C)C(=O)c1ccc(F)c(C)c1. The number of hydrogen-bond donors (Lipinski definition) is 1. The van der Waals surface area contributed by atoms with E-state index in [1.54, 1.807) is 24.9 Å². The summed E-state index contributed by atoms with van der Waals surface area (Å²) in [6.45, 7) is 5.81. The van der Waals surface area contributed by atoms with E-state index in [0.29, 0.717) is 24.2 Å². The molecule has 0 aliphatic carbocycles. The number of carbonyl (C=O) groups excluding carboxylic acids is 1. The fourth-order valence-corrected chi connectivity index (χ4v) is 2.66. The highest BCUT2D eigenvalue weighted by molar-refractivity contribution is 5.94. The number of amides is 1. The van der Waals surface area contributed by atoms with Crippen LogP contribution in [0.5, 0.6) is 0 Å². The minimum absolute atomic E-state index is 0.0916. The predicted octanol–water partition coefficient (Wildman–Crippen LogP) is 1.66. The molecule has 1 saturated heterocycles. The molecule has 116 valence electrons. The minimum Gasteiger partial charge on any atom is -0.390 e. The molecule has 21 heavy (non-hydrogen) atoms. The summed E-state index contributed by atoms with van der Waals surface area (Å²) in [4.78, 5) is 16.4. The van der Waals surface area contributed by atoms with Crippen LogP contribution in [0.3, 0.4) is 0 Å². The Morgan fingerprint density at radius 3 is 2.71 bits per heavy atom. The zero-order valence-electron chi connectivity index (χ0n) is 12.8. The molecule has 1 fully saturated rings. The molecule has 4 nitrogen and oxygen atoms in total. The van der Waals surface area contributed by atoms with Crippen LogP contribution >= 0.6 is 0 Å². The molecule has 2 rings (SSSR count). The Morgan fingerprint density at radius 2 is 2.19 bits per heavy atom. The van der Waals surface area contributed by atoms with E-state index in [0.717, 1.165) is 13.0 Å². The van der Waals surface area contributed by atoms with Crippen molar-refractivity contribution in [3.63, 3.8) is 0 Å². The number of aliphatic hydroxyl groups is 1. The minimum atomic E-state index is -0.296. The first-order chi connectivity index (χ1) is 9.92. The van der Waals surface area contributed by atoms with Gasteiger partial charge in [0.1, 0.15) is 5.82 Å². The van der Waals surface area contributed by atoms with Crippen molar-refractivity contribution in [2.45, 2.75) is 32.4 Å². The highest BCUT2D eigenvalue weighted by Crippen LogP contribution is 2.16. The Morgan fingerprint density at radius 1 is 1.52 bits per heavy atom. The number of aryl methyl sites for hydroxylation is 1. The highest BCUT2D eigenvalue weighted by Gasteiger charge is 2.29. The number of likely N-dealkylation sites (tertiary alicyclic amines) is 1. The van der Waals surface area contributed by atoms with Crippen LogP contribution in [0, 0.1) is 12.7 Å². The number of rotatable bonds is 5. The molecular weight excluding hydrogens is 271 g/mol. The Bertz CT molecular complexity index is 515. The van der Waals surface area contributed by atoms with Crippen LogP contribution < -0.4 is 0 Å². The Hall–Kier alpha value is -1.46. The summed E-state index contributed by atoms with van der Waals surface area (Å²) in [6.07, 6.45) is 0.609. The number of β-amino-alcohol motifs (C(OH)–C–C–N with tert-alkyl or cyclic N) is 1. The maximum Gasteiger partial charge on any atom is 0.253 e. The van der Waals surface area contributed by atoms with E-state index in [1.165, 1.54) is 12.1 Å². The van der Waals surface area contributed by atoms with E-state index in [9.17, 15) is 14.3 Å². The van der Waals surface area contributed by atoms with E-state index in [2.05, 4.69) is 4.90 Å². The molecule has 0 bridgehead atoms. The Balaban J connectivity index is 2.03. The fourth-order valence-electron chi connectivity index (χ4n) is 2.66. The maximum atomic E-state index is 13.3. The lowest BCUT2D eigenvalue weighted by Gasteiger charge is -2.40. The van der Waals surface area contributed by atoms with Gasteiger partial charge in [0.2, 0.25) is 0 Å². The number of benzene rings is 1. The van der Waals surface area contributed by atoms with Crippen LogP contribution in [0.2, 0.25) is 0 Å². The lowest BCUT2D eigenvalue weighted by Crippen LogP contribution is -2.55. The largest absolute Gasteiger partial charge is 0.390 e. The van der Waals surface area contributed by atoms with E-state index >= 15 is 0 Å². The zero-order valence-corrected chi connectivity index (χ0v) is 12.8. The number of carbonyl (C=O) groups is 1. The molecule has 0 spiro atoms. The van der Waals surface area contributed by atoms with E-state index < -0.39 is 0 Å². The molecule has 0 aromatic heterocycles. The summed E-state index contributed by atoms with van der Waals surface area (Å²) in [5.41, 5.74) is 0.992. The van der Waals surface area contributed by atoms with Crippen LogP contribution in [0.1, 0.15) is 29.3 Å². The third-order valence-corrected chi connectivity index (χ3v) is 4.15. The second kappa shape index (κ2) is 6.54. The van der Waals surface area contributed by atoms with Crippen LogP contribution in [0.15, 0.2) is 18.2 Å². The molecule has 0 saturated carbocycles. The fraction of sp³-hybridized carbons (Fsp3) is 0.562. The van der Waals surface area contributed by atoms with Gasteiger partial charge in [-0.15, -0.1) is 0 Å². The van der Waals surface area contributed by atoms with Crippen molar-refractivity contribution in [3.05, 3.63) is 35.1 Å². The summed E-state index contributed by atoms with van der Waals surface area (Å²) < 4.78 is 13.3. The van der Waals surface area contributed by atoms with Crippen LogP contribution in [0.4, 0.5) is 4.39 Å². The summed E-state index contributed by atoms with van der Waals surface area (Å²) in [6, 6.07) is 4.55. The monoisotopic (exact) mass is 294 g/mol. The van der Waals surface area contributed by atoms with Gasteiger partial charge in [-0.25, -0.2) is 4.39 Å². The first-order valence-electron chi connectivity index (χ1n) is 7.36. The van der Waals surface area contributed by atoms with Crippen molar-refractivity contribution in [2.75, 3.05) is 26.7 Å². The summed E-state index contributed by atoms with van der Waals surface area (Å²) >= 11 is 0. The number of likely N-dealkylation sites (N-methyl/N-ethyl adjacent to an activating group) is 1. The second-order valence-electron chi connectivity index (χ2n) is 5.81. The van der Waals surface area contributed by atoms with Gasteiger partial charge in [-0.2, -0.15) is 0 Å². The van der Waals surface area contributed by atoms with Gasteiger partial charge < -0.3 is 10.0 Å². The summed E-state index contributed by atoms with van der Waals surface area (Å²) in [7, 11) is 1.78. The molecule has 1 N–H and O–H groups in total. The highest BCUT2D eigenvalue weighted by atomic mass is 19.1. The van der Waals surface area contributed by atoms with E-state index in [4.69, 9.17) is 0 Å². The molecule has 1 aliphatic heterocycles. The summed E-state index contributed by atoms with van der Waals surface area (Å²) in [5, 5.41) is 9.33. The standard InChI is InChI=1S/C16H23FN2O2/c1-4-13(8-19-9-14(20)10-19)18(3)16(21)12-5-6-15(17)11(2)7-12/h5-7,13-14,20H,4,8-10H2,1-3H3. The molecule has 5 heteroatoms. The van der Waals surface area contributed by atoms with Crippen molar-refractivity contribution in [1.29, 1.82) is 0 Å². The van der Waals surface area contributed by atoms with Crippen LogP contribution in [-0.2, 0) is 0 Å². The van der Waals surface area contributed by atoms with Gasteiger partial charge in [0, 0.05) is 38.3 Å². The Labute approximate surface area is 125 Å². The molecule has 1 unspecified atom stereocenters. The van der Waals surface area contributed by atoms with Crippen LogP contribution in [-0.4, -0.2) is 59.6 Å². The first-order valence-corrected chi connectivity index (χ1v) is 7.36. The number of nitrogens with zero attached hydrogens (tertiary/aromatic N) is 2. The molecule has 1 aliphatic rings. The van der Waals surface area contributed by atoms with Gasteiger partial charge in [0.25, 0.3) is 5.91 Å². The van der Waals surface area contributed by atoms with Crippen molar-refractivity contribution >= 4 is 5.91 Å². The van der Waals surface area contributed by atoms with E-state index in [-0.39, 0.29) is 23.9 Å². The quantitative estimate of drug-likeness (QED) is 0.898. The second-order valence-corrected chi connectivity index (χ2v) is 5.81. The number of aliphatic hydroxyl groups excluding tert-OH is 1. The molecule has 0 radical (unpaired) electrons. The third-order valence-electron chi connectivity index (χ3n) is 4.15. The van der Waals surface area contributed by atoms with Gasteiger partial charge in [-0.3, -0.25) is 9.69 Å². The van der Waals surface area contributed by atoms with Crippen molar-refractivity contribution in [1.82, 2.24) is 9.80 Å². The molecule has 1 aromatic rings. The number of halogens is 1. The van der Waals surface area contributed by atoms with Crippen molar-refractivity contribution in [3.8, 4) is 0 Å². The van der Waals surface area contributed by atoms with Gasteiger partial charge in [-0.05, 0) is 37.1 Å². The topological polar surface area (TPSA) is 43.8 Å². The van der Waals surface area contributed by atoms with Crippen LogP contribution in [0.25, 0.3) is 0 Å². The number of hydrogen-bond acceptors (Lipinski definition) is 3. The lowest BCUT2D eigenvalue weighted by molar-refractivity contribution is -0.0108. The van der Waals surface area contributed by atoms with Gasteiger partial charge in [0.15, 0.2) is 0 Å². The summed E-state index contributed by atoms with van der Waals surface area (Å²) in [5.74, 6) is -0.387. The van der Waals surface area contributed by atoms with E-state index in [1.807, 2.05) is 6.92 Å². The average molecular weight is 294 g/mol. The van der Waals surface area contributed by atoms with Crippen molar-refractivity contribution < 1.29 is 14.3 Å². The first kappa shape index (κ1) is 15.9. The smallest absolute Gasteiger partial charge is 0.253 e. The van der Waals surface area contributed by atoms with Gasteiger partial charge in [-0.1, -0.05) is 6.92 Å². The average Bonchev–Trinajstić information content (AvgIpc) is 2.43. The normalized spacial score (nSPS) is 17.4. The third kappa shape index (κ3) is 3.60. The maximum absolute atomic E-state index is 13.3. The van der Waals surface area contributed by atoms with Gasteiger partial charge >= 0.3 is 0 Å². The molecule has 1 atom stereocenters. The Kier molecular flexibility index (Phi) is 4.96. The molecule has 1 heterocycles.